The highest BCUT2D eigenvalue weighted by Crippen LogP contribution is 2.38. The van der Waals surface area contributed by atoms with Crippen LogP contribution in [0.15, 0.2) is 47.6 Å². The van der Waals surface area contributed by atoms with Crippen molar-refractivity contribution in [1.29, 1.82) is 0 Å². The third-order valence-electron chi connectivity index (χ3n) is 6.00. The highest BCUT2D eigenvalue weighted by atomic mass is 32.2. The van der Waals surface area contributed by atoms with Gasteiger partial charge >= 0.3 is 0 Å². The number of fused-ring (bicyclic) bond motifs is 2. The molecule has 7 heteroatoms. The molecule has 6 nitrogen and oxygen atoms in total. The highest BCUT2D eigenvalue weighted by Gasteiger charge is 2.30. The normalized spacial score (nSPS) is 22.2. The predicted octanol–water partition coefficient (Wildman–Crippen LogP) is 3.19. The Morgan fingerprint density at radius 3 is 2.75 bits per heavy atom. The molecule has 0 radical (unpaired) electrons. The summed E-state index contributed by atoms with van der Waals surface area (Å²) in [5, 5.41) is 0. The molecular weight excluding hydrogens is 374 g/mol. The zero-order valence-corrected chi connectivity index (χ0v) is 16.4. The van der Waals surface area contributed by atoms with Gasteiger partial charge in [0.15, 0.2) is 0 Å². The summed E-state index contributed by atoms with van der Waals surface area (Å²) in [4.78, 5) is 4.85. The van der Waals surface area contributed by atoms with Gasteiger partial charge in [-0.25, -0.2) is 12.4 Å². The van der Waals surface area contributed by atoms with E-state index < -0.39 is 10.0 Å². The van der Waals surface area contributed by atoms with Crippen molar-refractivity contribution in [3.05, 3.63) is 53.9 Å². The largest absolute Gasteiger partial charge is 0.493 e. The number of benzene rings is 1. The van der Waals surface area contributed by atoms with E-state index in [4.69, 9.17) is 10.5 Å². The Bertz CT molecular complexity index is 1140. The van der Waals surface area contributed by atoms with Gasteiger partial charge in [0.25, 0.3) is 10.0 Å². The van der Waals surface area contributed by atoms with E-state index in [2.05, 4.69) is 4.98 Å². The summed E-state index contributed by atoms with van der Waals surface area (Å²) in [6, 6.07) is 9.10. The molecule has 5 rings (SSSR count). The Balaban J connectivity index is 1.67. The fraction of sp³-hybridized carbons (Fsp3) is 0.381. The van der Waals surface area contributed by atoms with Crippen LogP contribution in [-0.2, 0) is 16.4 Å². The topological polar surface area (TPSA) is 87.2 Å². The quantitative estimate of drug-likeness (QED) is 0.733. The van der Waals surface area contributed by atoms with Gasteiger partial charge in [-0.05, 0) is 55.9 Å². The molecule has 0 bridgehead atoms. The molecule has 3 heterocycles. The van der Waals surface area contributed by atoms with Crippen LogP contribution in [0.3, 0.4) is 0 Å². The van der Waals surface area contributed by atoms with Crippen LogP contribution in [0.25, 0.3) is 11.0 Å². The molecule has 1 aliphatic heterocycles. The van der Waals surface area contributed by atoms with Gasteiger partial charge in [0, 0.05) is 36.0 Å². The van der Waals surface area contributed by atoms with Crippen molar-refractivity contribution in [2.24, 2.45) is 5.73 Å². The molecule has 0 amide bonds. The fourth-order valence-electron chi connectivity index (χ4n) is 4.52. The minimum atomic E-state index is -3.75. The van der Waals surface area contributed by atoms with Crippen LogP contribution in [0.2, 0.25) is 0 Å². The number of ether oxygens (including phenoxy) is 1. The maximum absolute atomic E-state index is 13.6. The minimum Gasteiger partial charge on any atom is -0.493 e. The Morgan fingerprint density at radius 1 is 1.11 bits per heavy atom. The molecule has 2 aromatic heterocycles. The molecule has 0 saturated heterocycles. The summed E-state index contributed by atoms with van der Waals surface area (Å²) in [5.74, 6) is 0.954. The summed E-state index contributed by atoms with van der Waals surface area (Å²) >= 11 is 0. The van der Waals surface area contributed by atoms with E-state index in [0.29, 0.717) is 35.1 Å². The molecule has 1 aliphatic carbocycles. The van der Waals surface area contributed by atoms with Gasteiger partial charge in [-0.2, -0.15) is 0 Å². The Hall–Kier alpha value is -2.38. The van der Waals surface area contributed by atoms with E-state index in [1.54, 1.807) is 30.6 Å². The van der Waals surface area contributed by atoms with Crippen LogP contribution in [0.5, 0.6) is 5.75 Å². The van der Waals surface area contributed by atoms with Gasteiger partial charge in [0.05, 0.1) is 22.5 Å². The summed E-state index contributed by atoms with van der Waals surface area (Å²) in [6.07, 6.45) is 7.96. The van der Waals surface area contributed by atoms with Crippen LogP contribution < -0.4 is 10.5 Å². The molecule has 0 unspecified atom stereocenters. The number of rotatable bonds is 3. The number of pyridine rings is 1. The van der Waals surface area contributed by atoms with Crippen molar-refractivity contribution in [1.82, 2.24) is 8.96 Å². The first-order valence-corrected chi connectivity index (χ1v) is 11.2. The van der Waals surface area contributed by atoms with E-state index in [9.17, 15) is 8.42 Å². The fourth-order valence-corrected chi connectivity index (χ4v) is 6.15. The molecule has 2 N–H and O–H groups in total. The summed E-state index contributed by atoms with van der Waals surface area (Å²) < 4.78 is 34.2. The zero-order chi connectivity index (χ0) is 19.3. The van der Waals surface area contributed by atoms with Crippen LogP contribution in [0, 0.1) is 0 Å². The van der Waals surface area contributed by atoms with E-state index in [-0.39, 0.29) is 6.04 Å². The Labute approximate surface area is 164 Å². The first kappa shape index (κ1) is 17.7. The number of aromatic nitrogens is 2. The van der Waals surface area contributed by atoms with Gasteiger partial charge in [0.2, 0.25) is 0 Å². The second-order valence-electron chi connectivity index (χ2n) is 7.70. The first-order valence-electron chi connectivity index (χ1n) is 9.77. The standard InChI is InChI=1S/C21H23N3O3S/c22-15-8-6-14(7-9-15)17-13-24(18-3-2-11-23-21(17)18)28(25,26)20-5-1-4-19-16(20)10-12-27-19/h1-5,11,13-15H,6-10,12,22H2. The Kier molecular flexibility index (Phi) is 4.17. The zero-order valence-electron chi connectivity index (χ0n) is 15.5. The molecule has 2 aliphatic rings. The van der Waals surface area contributed by atoms with Crippen molar-refractivity contribution in [3.63, 3.8) is 0 Å². The maximum atomic E-state index is 13.6. The van der Waals surface area contributed by atoms with Gasteiger partial charge in [-0.15, -0.1) is 0 Å². The first-order chi connectivity index (χ1) is 13.6. The van der Waals surface area contributed by atoms with Crippen molar-refractivity contribution in [2.45, 2.75) is 49.0 Å². The van der Waals surface area contributed by atoms with Gasteiger partial charge in [0.1, 0.15) is 5.75 Å². The van der Waals surface area contributed by atoms with E-state index >= 15 is 0 Å². The van der Waals surface area contributed by atoms with Crippen molar-refractivity contribution in [3.8, 4) is 5.75 Å². The van der Waals surface area contributed by atoms with Crippen molar-refractivity contribution in [2.75, 3.05) is 6.61 Å². The third kappa shape index (κ3) is 2.72. The average Bonchev–Trinajstić information content (AvgIpc) is 3.33. The molecule has 0 spiro atoms. The van der Waals surface area contributed by atoms with Crippen molar-refractivity contribution >= 4 is 21.1 Å². The van der Waals surface area contributed by atoms with Gasteiger partial charge in [-0.3, -0.25) is 4.98 Å². The lowest BCUT2D eigenvalue weighted by molar-refractivity contribution is 0.357. The van der Waals surface area contributed by atoms with E-state index in [1.807, 2.05) is 12.1 Å². The molecule has 1 fully saturated rings. The Morgan fingerprint density at radius 2 is 1.93 bits per heavy atom. The van der Waals surface area contributed by atoms with Gasteiger partial charge < -0.3 is 10.5 Å². The summed E-state index contributed by atoms with van der Waals surface area (Å²) in [7, 11) is -3.75. The molecule has 146 valence electrons. The molecule has 0 atom stereocenters. The van der Waals surface area contributed by atoms with Crippen LogP contribution in [-0.4, -0.2) is 30.0 Å². The number of nitrogens with zero attached hydrogens (tertiary/aromatic N) is 2. The molecule has 3 aromatic rings. The van der Waals surface area contributed by atoms with Crippen LogP contribution in [0.1, 0.15) is 42.7 Å². The third-order valence-corrected chi connectivity index (χ3v) is 7.76. The van der Waals surface area contributed by atoms with Gasteiger partial charge in [-0.1, -0.05) is 6.07 Å². The second-order valence-corrected chi connectivity index (χ2v) is 9.48. The summed E-state index contributed by atoms with van der Waals surface area (Å²) in [5.41, 5.74) is 9.24. The number of hydrogen-bond donors (Lipinski definition) is 1. The lowest BCUT2D eigenvalue weighted by Gasteiger charge is -2.25. The molecule has 1 saturated carbocycles. The van der Waals surface area contributed by atoms with E-state index in [0.717, 1.165) is 42.3 Å². The van der Waals surface area contributed by atoms with Crippen molar-refractivity contribution < 1.29 is 13.2 Å². The number of hydrogen-bond acceptors (Lipinski definition) is 5. The smallest absolute Gasteiger partial charge is 0.268 e. The van der Waals surface area contributed by atoms with E-state index in [1.165, 1.54) is 3.97 Å². The monoisotopic (exact) mass is 397 g/mol. The minimum absolute atomic E-state index is 0.244. The SMILES string of the molecule is NC1CCC(c2cn(S(=O)(=O)c3cccc4c3CCO4)c3cccnc23)CC1. The molecular formula is C21H23N3O3S. The lowest BCUT2D eigenvalue weighted by atomic mass is 9.82. The highest BCUT2D eigenvalue weighted by molar-refractivity contribution is 7.90. The van der Waals surface area contributed by atoms with Crippen LogP contribution >= 0.6 is 0 Å². The maximum Gasteiger partial charge on any atom is 0.268 e. The van der Waals surface area contributed by atoms with Crippen LogP contribution in [0.4, 0.5) is 0 Å². The average molecular weight is 398 g/mol. The lowest BCUT2D eigenvalue weighted by Crippen LogP contribution is -2.25. The number of nitrogens with two attached hydrogens (primary N) is 1. The predicted molar refractivity (Wildman–Crippen MR) is 107 cm³/mol. The second kappa shape index (κ2) is 6.60. The molecule has 1 aromatic carbocycles. The summed E-state index contributed by atoms with van der Waals surface area (Å²) in [6.45, 7) is 0.517. The molecule has 28 heavy (non-hydrogen) atoms.